The third-order valence-corrected chi connectivity index (χ3v) is 8.17. The Bertz CT molecular complexity index is 438. The van der Waals surface area contributed by atoms with Crippen LogP contribution in [0.1, 0.15) is 20.8 Å². The predicted octanol–water partition coefficient (Wildman–Crippen LogP) is 3.87. The smallest absolute Gasteiger partial charge is 0.250 e. The second kappa shape index (κ2) is 4.50. The molecule has 1 heterocycles. The van der Waals surface area contributed by atoms with E-state index in [1.54, 1.807) is 0 Å². The van der Waals surface area contributed by atoms with Crippen LogP contribution in [0.15, 0.2) is 18.2 Å². The van der Waals surface area contributed by atoms with Crippen LogP contribution in [0.3, 0.4) is 0 Å². The van der Waals surface area contributed by atoms with Crippen LogP contribution in [-0.2, 0) is 0 Å². The fraction of sp³-hybridized carbons (Fsp3) is 0.571. The van der Waals surface area contributed by atoms with Gasteiger partial charge in [0.05, 0.1) is 5.69 Å². The molecule has 0 saturated heterocycles. The first kappa shape index (κ1) is 13.3. The number of ether oxygens (including phenoxy) is 1. The zero-order valence-electron chi connectivity index (χ0n) is 12.0. The van der Waals surface area contributed by atoms with E-state index in [4.69, 9.17) is 9.16 Å². The van der Waals surface area contributed by atoms with Crippen molar-refractivity contribution in [2.45, 2.75) is 38.9 Å². The van der Waals surface area contributed by atoms with E-state index in [1.807, 2.05) is 18.2 Å². The highest BCUT2D eigenvalue weighted by Gasteiger charge is 2.39. The fourth-order valence-electron chi connectivity index (χ4n) is 1.63. The largest absolute Gasteiger partial charge is 0.543 e. The van der Waals surface area contributed by atoms with Gasteiger partial charge in [0.25, 0.3) is 0 Å². The van der Waals surface area contributed by atoms with Gasteiger partial charge < -0.3 is 14.5 Å². The lowest BCUT2D eigenvalue weighted by Gasteiger charge is -2.36. The first-order valence-electron chi connectivity index (χ1n) is 6.49. The van der Waals surface area contributed by atoms with Crippen LogP contribution in [0.4, 0.5) is 5.69 Å². The summed E-state index contributed by atoms with van der Waals surface area (Å²) in [5, 5.41) is 3.52. The summed E-state index contributed by atoms with van der Waals surface area (Å²) in [4.78, 5) is 0. The molecule has 4 heteroatoms. The summed E-state index contributed by atoms with van der Waals surface area (Å²) in [5.41, 5.74) is 1.06. The highest BCUT2D eigenvalue weighted by atomic mass is 28.4. The summed E-state index contributed by atoms with van der Waals surface area (Å²) in [6.45, 7) is 12.8. The second-order valence-electron chi connectivity index (χ2n) is 6.30. The van der Waals surface area contributed by atoms with Crippen LogP contribution >= 0.6 is 0 Å². The zero-order chi connectivity index (χ0) is 13.4. The van der Waals surface area contributed by atoms with E-state index in [0.29, 0.717) is 0 Å². The first-order chi connectivity index (χ1) is 8.29. The minimum atomic E-state index is -1.77. The van der Waals surface area contributed by atoms with Gasteiger partial charge in [0, 0.05) is 12.6 Å². The topological polar surface area (TPSA) is 30.5 Å². The van der Waals surface area contributed by atoms with Crippen LogP contribution in [0.2, 0.25) is 18.1 Å². The lowest BCUT2D eigenvalue weighted by Crippen LogP contribution is -2.43. The first-order valence-corrected chi connectivity index (χ1v) is 9.40. The van der Waals surface area contributed by atoms with Gasteiger partial charge >= 0.3 is 0 Å². The maximum atomic E-state index is 6.26. The zero-order valence-corrected chi connectivity index (χ0v) is 13.0. The van der Waals surface area contributed by atoms with Crippen molar-refractivity contribution in [3.63, 3.8) is 0 Å². The summed E-state index contributed by atoms with van der Waals surface area (Å²) in [6.07, 6.45) is 0. The Labute approximate surface area is 111 Å². The molecule has 1 N–H and O–H groups in total. The molecule has 100 valence electrons. The van der Waals surface area contributed by atoms with Gasteiger partial charge in [-0.2, -0.15) is 0 Å². The van der Waals surface area contributed by atoms with Crippen LogP contribution in [0.25, 0.3) is 0 Å². The quantitative estimate of drug-likeness (QED) is 0.823. The van der Waals surface area contributed by atoms with Crippen molar-refractivity contribution < 1.29 is 9.16 Å². The van der Waals surface area contributed by atoms with Crippen LogP contribution in [-0.4, -0.2) is 21.5 Å². The molecular weight excluding hydrogens is 242 g/mol. The van der Waals surface area contributed by atoms with Gasteiger partial charge in [-0.3, -0.25) is 0 Å². The Morgan fingerprint density at radius 1 is 1.28 bits per heavy atom. The van der Waals surface area contributed by atoms with Crippen LogP contribution < -0.4 is 14.5 Å². The molecule has 2 rings (SSSR count). The summed E-state index contributed by atoms with van der Waals surface area (Å²) >= 11 is 0. The molecule has 0 radical (unpaired) electrons. The predicted molar refractivity (Wildman–Crippen MR) is 78.3 cm³/mol. The Morgan fingerprint density at radius 2 is 2.00 bits per heavy atom. The molecule has 1 aliphatic heterocycles. The molecule has 0 atom stereocenters. The van der Waals surface area contributed by atoms with E-state index in [-0.39, 0.29) is 5.04 Å². The summed E-state index contributed by atoms with van der Waals surface area (Å²) in [7, 11) is -1.77. The van der Waals surface area contributed by atoms with Crippen LogP contribution in [0.5, 0.6) is 11.5 Å². The van der Waals surface area contributed by atoms with Crippen LogP contribution in [0, 0.1) is 0 Å². The van der Waals surface area contributed by atoms with Crippen molar-refractivity contribution >= 4 is 14.0 Å². The number of hydrogen-bond donors (Lipinski definition) is 1. The minimum absolute atomic E-state index is 0.210. The number of rotatable bonds is 2. The van der Waals surface area contributed by atoms with E-state index >= 15 is 0 Å². The van der Waals surface area contributed by atoms with E-state index in [0.717, 1.165) is 30.3 Å². The van der Waals surface area contributed by atoms with Crippen molar-refractivity contribution in [1.82, 2.24) is 0 Å². The Morgan fingerprint density at radius 3 is 2.67 bits per heavy atom. The van der Waals surface area contributed by atoms with Crippen molar-refractivity contribution in [3.8, 4) is 11.5 Å². The normalized spacial score (nSPS) is 15.4. The molecule has 1 aliphatic rings. The van der Waals surface area contributed by atoms with Gasteiger partial charge in [-0.15, -0.1) is 0 Å². The molecule has 0 fully saturated rings. The highest BCUT2D eigenvalue weighted by molar-refractivity contribution is 6.74. The Kier molecular flexibility index (Phi) is 3.32. The monoisotopic (exact) mass is 265 g/mol. The van der Waals surface area contributed by atoms with E-state index in [1.165, 1.54) is 0 Å². The molecule has 0 bridgehead atoms. The standard InChI is InChI=1S/C14H23NO2Si/c1-14(2,3)18(4,5)17-11-6-7-12-13(10-11)16-9-8-15-12/h6-7,10,15H,8-9H2,1-5H3. The molecule has 1 aromatic carbocycles. The SMILES string of the molecule is CC(C)(C)[Si](C)(C)Oc1ccc2c(c1)OCCN2. The number of fused-ring (bicyclic) bond motifs is 1. The lowest BCUT2D eigenvalue weighted by molar-refractivity contribution is 0.322. The summed E-state index contributed by atoms with van der Waals surface area (Å²) < 4.78 is 11.9. The Hall–Kier alpha value is -1.16. The highest BCUT2D eigenvalue weighted by Crippen LogP contribution is 2.39. The third-order valence-electron chi connectivity index (χ3n) is 3.81. The van der Waals surface area contributed by atoms with Gasteiger partial charge in [0.1, 0.15) is 18.1 Å². The number of hydrogen-bond acceptors (Lipinski definition) is 3. The van der Waals surface area contributed by atoms with Crippen molar-refractivity contribution in [2.24, 2.45) is 0 Å². The minimum Gasteiger partial charge on any atom is -0.543 e. The van der Waals surface area contributed by atoms with E-state index in [9.17, 15) is 0 Å². The molecule has 18 heavy (non-hydrogen) atoms. The molecular formula is C14H23NO2Si. The summed E-state index contributed by atoms with van der Waals surface area (Å²) in [5.74, 6) is 1.82. The molecule has 0 spiro atoms. The summed E-state index contributed by atoms with van der Waals surface area (Å²) in [6, 6.07) is 6.07. The lowest BCUT2D eigenvalue weighted by atomic mass is 10.2. The van der Waals surface area contributed by atoms with Gasteiger partial charge in [-0.05, 0) is 30.3 Å². The molecule has 0 aliphatic carbocycles. The second-order valence-corrected chi connectivity index (χ2v) is 11.0. The molecule has 0 unspecified atom stereocenters. The molecule has 0 aromatic heterocycles. The van der Waals surface area contributed by atoms with Crippen molar-refractivity contribution in [2.75, 3.05) is 18.5 Å². The average Bonchev–Trinajstić information content (AvgIpc) is 2.27. The third kappa shape index (κ3) is 2.63. The molecule has 1 aromatic rings. The van der Waals surface area contributed by atoms with Crippen molar-refractivity contribution in [3.05, 3.63) is 18.2 Å². The van der Waals surface area contributed by atoms with Gasteiger partial charge in [0.2, 0.25) is 8.32 Å². The number of nitrogens with one attached hydrogen (secondary N) is 1. The van der Waals surface area contributed by atoms with Crippen molar-refractivity contribution in [1.29, 1.82) is 0 Å². The number of anilines is 1. The average molecular weight is 265 g/mol. The van der Waals surface area contributed by atoms with Gasteiger partial charge in [0.15, 0.2) is 0 Å². The maximum absolute atomic E-state index is 6.26. The molecule has 0 saturated carbocycles. The van der Waals surface area contributed by atoms with Gasteiger partial charge in [-0.1, -0.05) is 20.8 Å². The Balaban J connectivity index is 2.20. The van der Waals surface area contributed by atoms with E-state index < -0.39 is 8.32 Å². The maximum Gasteiger partial charge on any atom is 0.250 e. The van der Waals surface area contributed by atoms with Gasteiger partial charge in [-0.25, -0.2) is 0 Å². The fourth-order valence-corrected chi connectivity index (χ4v) is 2.65. The number of benzene rings is 1. The molecule has 3 nitrogen and oxygen atoms in total. The van der Waals surface area contributed by atoms with E-state index in [2.05, 4.69) is 39.2 Å². The molecule has 0 amide bonds.